The zero-order valence-electron chi connectivity index (χ0n) is 11.8. The predicted octanol–water partition coefficient (Wildman–Crippen LogP) is 4.46. The van der Waals surface area contributed by atoms with Crippen LogP contribution >= 0.6 is 23.4 Å². The molecule has 0 aliphatic heterocycles. The number of benzene rings is 2. The fraction of sp³-hybridized carbons (Fsp3) is 0.250. The van der Waals surface area contributed by atoms with Crippen LogP contribution in [0.2, 0.25) is 5.02 Å². The number of para-hydroxylation sites is 1. The topological polar surface area (TPSA) is 15.3 Å². The standard InChI is InChI=1S/C16H19ClN2S/c1-19(2)12-11-18-15-5-3-4-6-16(15)20-14-9-7-13(17)8-10-14/h3-10,18H,11-12H2,1-2H3. The Balaban J connectivity index is 2.05. The number of likely N-dealkylation sites (N-methyl/N-ethyl adjacent to an activating group) is 1. The van der Waals surface area contributed by atoms with E-state index < -0.39 is 0 Å². The van der Waals surface area contributed by atoms with Gasteiger partial charge in [0.05, 0.1) is 0 Å². The van der Waals surface area contributed by atoms with Gasteiger partial charge >= 0.3 is 0 Å². The maximum absolute atomic E-state index is 5.92. The predicted molar refractivity (Wildman–Crippen MR) is 89.1 cm³/mol. The fourth-order valence-electron chi connectivity index (χ4n) is 1.75. The van der Waals surface area contributed by atoms with E-state index in [4.69, 9.17) is 11.6 Å². The number of nitrogens with zero attached hydrogens (tertiary/aromatic N) is 1. The van der Waals surface area contributed by atoms with Gasteiger partial charge in [0.2, 0.25) is 0 Å². The molecule has 2 nitrogen and oxygen atoms in total. The lowest BCUT2D eigenvalue weighted by Crippen LogP contribution is -2.20. The largest absolute Gasteiger partial charge is 0.383 e. The van der Waals surface area contributed by atoms with Gasteiger partial charge in [0, 0.05) is 33.6 Å². The highest BCUT2D eigenvalue weighted by Crippen LogP contribution is 2.33. The third kappa shape index (κ3) is 4.75. The lowest BCUT2D eigenvalue weighted by Gasteiger charge is -2.14. The van der Waals surface area contributed by atoms with Gasteiger partial charge in [-0.3, -0.25) is 0 Å². The van der Waals surface area contributed by atoms with Crippen molar-refractivity contribution in [1.82, 2.24) is 4.90 Å². The summed E-state index contributed by atoms with van der Waals surface area (Å²) in [7, 11) is 4.16. The van der Waals surface area contributed by atoms with E-state index in [1.165, 1.54) is 15.5 Å². The molecule has 2 rings (SSSR count). The summed E-state index contributed by atoms with van der Waals surface area (Å²) in [5.41, 5.74) is 1.18. The molecule has 0 aromatic heterocycles. The molecule has 0 aliphatic rings. The normalized spacial score (nSPS) is 10.8. The van der Waals surface area contributed by atoms with Gasteiger partial charge in [0.15, 0.2) is 0 Å². The van der Waals surface area contributed by atoms with Gasteiger partial charge in [-0.15, -0.1) is 0 Å². The summed E-state index contributed by atoms with van der Waals surface area (Å²) in [5.74, 6) is 0. The molecule has 0 saturated carbocycles. The van der Waals surface area contributed by atoms with Gasteiger partial charge in [-0.05, 0) is 50.5 Å². The van der Waals surface area contributed by atoms with E-state index in [1.54, 1.807) is 11.8 Å². The molecule has 0 bridgehead atoms. The summed E-state index contributed by atoms with van der Waals surface area (Å²) in [5, 5.41) is 4.26. The number of halogens is 1. The van der Waals surface area contributed by atoms with Crippen LogP contribution in [0.4, 0.5) is 5.69 Å². The van der Waals surface area contributed by atoms with Crippen molar-refractivity contribution in [3.05, 3.63) is 53.6 Å². The Kier molecular flexibility index (Phi) is 5.77. The highest BCUT2D eigenvalue weighted by molar-refractivity contribution is 7.99. The zero-order valence-corrected chi connectivity index (χ0v) is 13.3. The van der Waals surface area contributed by atoms with E-state index in [-0.39, 0.29) is 0 Å². The minimum atomic E-state index is 0.770. The average Bonchev–Trinajstić information content (AvgIpc) is 2.43. The van der Waals surface area contributed by atoms with Crippen molar-refractivity contribution in [2.45, 2.75) is 9.79 Å². The van der Waals surface area contributed by atoms with Crippen molar-refractivity contribution in [3.8, 4) is 0 Å². The van der Waals surface area contributed by atoms with Crippen LogP contribution in [0.15, 0.2) is 58.3 Å². The van der Waals surface area contributed by atoms with E-state index in [0.29, 0.717) is 0 Å². The Labute approximate surface area is 130 Å². The lowest BCUT2D eigenvalue weighted by atomic mass is 10.3. The molecule has 4 heteroatoms. The first-order valence-electron chi connectivity index (χ1n) is 6.56. The molecule has 0 fully saturated rings. The molecule has 20 heavy (non-hydrogen) atoms. The molecule has 0 heterocycles. The van der Waals surface area contributed by atoms with Crippen LogP contribution in [0.25, 0.3) is 0 Å². The van der Waals surface area contributed by atoms with Crippen LogP contribution in [0.1, 0.15) is 0 Å². The average molecular weight is 307 g/mol. The first kappa shape index (κ1) is 15.2. The molecule has 0 radical (unpaired) electrons. The van der Waals surface area contributed by atoms with E-state index in [9.17, 15) is 0 Å². The summed E-state index contributed by atoms with van der Waals surface area (Å²) >= 11 is 7.66. The van der Waals surface area contributed by atoms with Crippen molar-refractivity contribution in [2.75, 3.05) is 32.5 Å². The molecule has 106 valence electrons. The maximum Gasteiger partial charge on any atom is 0.0482 e. The van der Waals surface area contributed by atoms with Gasteiger partial charge in [0.1, 0.15) is 0 Å². The Bertz CT molecular complexity index is 540. The van der Waals surface area contributed by atoms with Crippen molar-refractivity contribution in [2.24, 2.45) is 0 Å². The fourth-order valence-corrected chi connectivity index (χ4v) is 2.79. The number of anilines is 1. The second-order valence-corrected chi connectivity index (χ2v) is 6.33. The summed E-state index contributed by atoms with van der Waals surface area (Å²) in [6.45, 7) is 1.95. The molecule has 2 aromatic carbocycles. The molecule has 0 saturated heterocycles. The molecule has 0 amide bonds. The Morgan fingerprint density at radius 2 is 1.75 bits per heavy atom. The van der Waals surface area contributed by atoms with Gasteiger partial charge in [-0.2, -0.15) is 0 Å². The first-order valence-corrected chi connectivity index (χ1v) is 7.75. The summed E-state index contributed by atoms with van der Waals surface area (Å²) in [6.07, 6.45) is 0. The van der Waals surface area contributed by atoms with Gasteiger partial charge in [-0.25, -0.2) is 0 Å². The van der Waals surface area contributed by atoms with Crippen molar-refractivity contribution in [3.63, 3.8) is 0 Å². The molecule has 0 atom stereocenters. The van der Waals surface area contributed by atoms with Crippen molar-refractivity contribution >= 4 is 29.1 Å². The van der Waals surface area contributed by atoms with Gasteiger partial charge in [-0.1, -0.05) is 35.5 Å². The Hall–Kier alpha value is -1.16. The van der Waals surface area contributed by atoms with Crippen molar-refractivity contribution < 1.29 is 0 Å². The highest BCUT2D eigenvalue weighted by Gasteiger charge is 2.03. The SMILES string of the molecule is CN(C)CCNc1ccccc1Sc1ccc(Cl)cc1. The van der Waals surface area contributed by atoms with Crippen LogP contribution in [0.3, 0.4) is 0 Å². The van der Waals surface area contributed by atoms with E-state index in [1.807, 2.05) is 24.3 Å². The second-order valence-electron chi connectivity index (χ2n) is 4.78. The minimum Gasteiger partial charge on any atom is -0.383 e. The first-order chi connectivity index (χ1) is 9.65. The smallest absolute Gasteiger partial charge is 0.0482 e. The molecule has 1 N–H and O–H groups in total. The second kappa shape index (κ2) is 7.58. The van der Waals surface area contributed by atoms with Crippen LogP contribution in [-0.4, -0.2) is 32.1 Å². The monoisotopic (exact) mass is 306 g/mol. The highest BCUT2D eigenvalue weighted by atomic mass is 35.5. The molecule has 0 unspecified atom stereocenters. The van der Waals surface area contributed by atoms with E-state index >= 15 is 0 Å². The minimum absolute atomic E-state index is 0.770. The number of nitrogens with one attached hydrogen (secondary N) is 1. The quantitative estimate of drug-likeness (QED) is 0.848. The number of hydrogen-bond acceptors (Lipinski definition) is 3. The Morgan fingerprint density at radius 1 is 1.05 bits per heavy atom. The van der Waals surface area contributed by atoms with Crippen LogP contribution in [-0.2, 0) is 0 Å². The van der Waals surface area contributed by atoms with Gasteiger partial charge < -0.3 is 10.2 Å². The molecule has 0 aliphatic carbocycles. The zero-order chi connectivity index (χ0) is 14.4. The molecular weight excluding hydrogens is 288 g/mol. The van der Waals surface area contributed by atoms with Crippen LogP contribution < -0.4 is 5.32 Å². The van der Waals surface area contributed by atoms with Crippen molar-refractivity contribution in [1.29, 1.82) is 0 Å². The van der Waals surface area contributed by atoms with Crippen LogP contribution in [0.5, 0.6) is 0 Å². The van der Waals surface area contributed by atoms with Crippen LogP contribution in [0, 0.1) is 0 Å². The van der Waals surface area contributed by atoms with E-state index in [2.05, 4.69) is 48.6 Å². The third-order valence-corrected chi connectivity index (χ3v) is 4.14. The lowest BCUT2D eigenvalue weighted by molar-refractivity contribution is 0.425. The summed E-state index contributed by atoms with van der Waals surface area (Å²) < 4.78 is 0. The van der Waals surface area contributed by atoms with E-state index in [0.717, 1.165) is 18.1 Å². The Morgan fingerprint density at radius 3 is 2.45 bits per heavy atom. The third-order valence-electron chi connectivity index (χ3n) is 2.80. The molecular formula is C16H19ClN2S. The molecule has 2 aromatic rings. The maximum atomic E-state index is 5.92. The summed E-state index contributed by atoms with van der Waals surface area (Å²) in [6, 6.07) is 16.3. The molecule has 0 spiro atoms. The summed E-state index contributed by atoms with van der Waals surface area (Å²) in [4.78, 5) is 4.59. The van der Waals surface area contributed by atoms with Gasteiger partial charge in [0.25, 0.3) is 0 Å². The number of hydrogen-bond donors (Lipinski definition) is 1. The number of rotatable bonds is 6.